The van der Waals surface area contributed by atoms with E-state index in [1.54, 1.807) is 0 Å². The number of rotatable bonds is 7. The summed E-state index contributed by atoms with van der Waals surface area (Å²) in [6, 6.07) is 10.6. The second-order valence-electron chi connectivity index (χ2n) is 7.71. The van der Waals surface area contributed by atoms with Crippen LogP contribution in [0.5, 0.6) is 0 Å². The summed E-state index contributed by atoms with van der Waals surface area (Å²) in [6.07, 6.45) is 4.08. The van der Waals surface area contributed by atoms with Gasteiger partial charge in [-0.3, -0.25) is 9.69 Å². The molecule has 26 heavy (non-hydrogen) atoms. The third-order valence-electron chi connectivity index (χ3n) is 5.76. The van der Waals surface area contributed by atoms with Gasteiger partial charge in [0.25, 0.3) is 0 Å². The minimum atomic E-state index is 0.235. The van der Waals surface area contributed by atoms with Crippen molar-refractivity contribution >= 4 is 5.91 Å². The number of β-amino-alcohol motifs (C(OH)–C–C–N with tert-alkyl or cyclic N) is 1. The second kappa shape index (κ2) is 10.0. The topological polar surface area (TPSA) is 47.0 Å². The van der Waals surface area contributed by atoms with Crippen LogP contribution in [-0.2, 0) is 11.3 Å². The van der Waals surface area contributed by atoms with Crippen molar-refractivity contribution in [3.05, 3.63) is 35.9 Å². The first-order chi connectivity index (χ1) is 12.7. The fourth-order valence-corrected chi connectivity index (χ4v) is 4.21. The van der Waals surface area contributed by atoms with Gasteiger partial charge in [-0.15, -0.1) is 0 Å². The van der Waals surface area contributed by atoms with Crippen LogP contribution < -0.4 is 0 Å². The number of benzene rings is 1. The Hall–Kier alpha value is -1.43. The number of hydrogen-bond donors (Lipinski definition) is 1. The number of piperazine rings is 1. The van der Waals surface area contributed by atoms with Crippen LogP contribution in [0.1, 0.15) is 31.2 Å². The lowest BCUT2D eigenvalue weighted by Crippen LogP contribution is -2.48. The zero-order valence-electron chi connectivity index (χ0n) is 15.9. The highest BCUT2D eigenvalue weighted by atomic mass is 16.3. The van der Waals surface area contributed by atoms with Gasteiger partial charge in [0.05, 0.1) is 6.61 Å². The molecular weight excluding hydrogens is 326 g/mol. The van der Waals surface area contributed by atoms with Gasteiger partial charge in [-0.2, -0.15) is 0 Å². The van der Waals surface area contributed by atoms with E-state index in [2.05, 4.69) is 45.0 Å². The fourth-order valence-electron chi connectivity index (χ4n) is 4.21. The third-order valence-corrected chi connectivity index (χ3v) is 5.76. The van der Waals surface area contributed by atoms with E-state index in [4.69, 9.17) is 5.11 Å². The first kappa shape index (κ1) is 19.3. The molecule has 1 N–H and O–H groups in total. The SMILES string of the molecule is O=C(CCC1CCCN(CCO)C1)N1CCN(Cc2ccccc2)CC1. The van der Waals surface area contributed by atoms with Crippen molar-refractivity contribution < 1.29 is 9.90 Å². The molecule has 1 aromatic rings. The van der Waals surface area contributed by atoms with E-state index in [0.29, 0.717) is 18.2 Å². The molecule has 0 radical (unpaired) electrons. The van der Waals surface area contributed by atoms with Gasteiger partial charge in [0, 0.05) is 52.2 Å². The Bertz CT molecular complexity index is 541. The second-order valence-corrected chi connectivity index (χ2v) is 7.71. The third kappa shape index (κ3) is 5.79. The molecule has 5 nitrogen and oxygen atoms in total. The summed E-state index contributed by atoms with van der Waals surface area (Å²) in [4.78, 5) is 19.4. The molecule has 2 fully saturated rings. The summed E-state index contributed by atoms with van der Waals surface area (Å²) < 4.78 is 0. The number of carbonyl (C=O) groups is 1. The molecule has 0 aromatic heterocycles. The molecular formula is C21H33N3O2. The van der Waals surface area contributed by atoms with Gasteiger partial charge in [-0.05, 0) is 37.3 Å². The first-order valence-electron chi connectivity index (χ1n) is 10.1. The van der Waals surface area contributed by atoms with Crippen LogP contribution in [0.25, 0.3) is 0 Å². The Morgan fingerprint density at radius 3 is 2.54 bits per heavy atom. The van der Waals surface area contributed by atoms with E-state index < -0.39 is 0 Å². The van der Waals surface area contributed by atoms with E-state index in [9.17, 15) is 4.79 Å². The van der Waals surface area contributed by atoms with Crippen molar-refractivity contribution in [1.29, 1.82) is 0 Å². The lowest BCUT2D eigenvalue weighted by Gasteiger charge is -2.36. The Kier molecular flexibility index (Phi) is 7.47. The van der Waals surface area contributed by atoms with Crippen molar-refractivity contribution in [3.63, 3.8) is 0 Å². The van der Waals surface area contributed by atoms with Gasteiger partial charge in [0.2, 0.25) is 5.91 Å². The highest BCUT2D eigenvalue weighted by Crippen LogP contribution is 2.21. The molecule has 2 aliphatic heterocycles. The quantitative estimate of drug-likeness (QED) is 0.807. The molecule has 5 heteroatoms. The van der Waals surface area contributed by atoms with Crippen molar-refractivity contribution in [2.75, 3.05) is 52.4 Å². The molecule has 1 aromatic carbocycles. The number of nitrogens with zero attached hydrogens (tertiary/aromatic N) is 3. The average molecular weight is 360 g/mol. The van der Waals surface area contributed by atoms with Gasteiger partial charge >= 0.3 is 0 Å². The highest BCUT2D eigenvalue weighted by molar-refractivity contribution is 5.76. The monoisotopic (exact) mass is 359 g/mol. The maximum absolute atomic E-state index is 12.6. The number of aliphatic hydroxyl groups excluding tert-OH is 1. The molecule has 0 aliphatic carbocycles. The lowest BCUT2D eigenvalue weighted by atomic mass is 9.93. The number of hydrogen-bond acceptors (Lipinski definition) is 4. The summed E-state index contributed by atoms with van der Waals surface area (Å²) in [5.74, 6) is 0.933. The standard InChI is InChI=1S/C21H33N3O2/c25-16-15-22-10-4-7-20(18-22)8-9-21(26)24-13-11-23(12-14-24)17-19-5-2-1-3-6-19/h1-3,5-6,20,25H,4,7-18H2. The predicted molar refractivity (Wildman–Crippen MR) is 104 cm³/mol. The largest absolute Gasteiger partial charge is 0.395 e. The number of amides is 1. The van der Waals surface area contributed by atoms with Gasteiger partial charge in [-0.1, -0.05) is 30.3 Å². The van der Waals surface area contributed by atoms with Gasteiger partial charge < -0.3 is 14.9 Å². The molecule has 0 spiro atoms. The van der Waals surface area contributed by atoms with Crippen LogP contribution in [0, 0.1) is 5.92 Å². The summed E-state index contributed by atoms with van der Waals surface area (Å²) >= 11 is 0. The van der Waals surface area contributed by atoms with Crippen molar-refractivity contribution in [1.82, 2.24) is 14.7 Å². The van der Waals surface area contributed by atoms with E-state index >= 15 is 0 Å². The lowest BCUT2D eigenvalue weighted by molar-refractivity contribution is -0.133. The minimum Gasteiger partial charge on any atom is -0.395 e. The normalized spacial score (nSPS) is 22.5. The van der Waals surface area contributed by atoms with Crippen molar-refractivity contribution in [2.45, 2.75) is 32.2 Å². The number of piperidine rings is 1. The molecule has 0 bridgehead atoms. The molecule has 0 saturated carbocycles. The van der Waals surface area contributed by atoms with E-state index in [1.807, 2.05) is 0 Å². The summed E-state index contributed by atoms with van der Waals surface area (Å²) in [6.45, 7) is 7.76. The maximum Gasteiger partial charge on any atom is 0.222 e. The van der Waals surface area contributed by atoms with Crippen LogP contribution in [0.2, 0.25) is 0 Å². The average Bonchev–Trinajstić information content (AvgIpc) is 2.68. The zero-order valence-corrected chi connectivity index (χ0v) is 15.9. The molecule has 3 rings (SSSR count). The number of carbonyl (C=O) groups excluding carboxylic acids is 1. The van der Waals surface area contributed by atoms with Gasteiger partial charge in [-0.25, -0.2) is 0 Å². The van der Waals surface area contributed by atoms with Gasteiger partial charge in [0.1, 0.15) is 0 Å². The highest BCUT2D eigenvalue weighted by Gasteiger charge is 2.24. The molecule has 2 heterocycles. The Balaban J connectivity index is 1.36. The van der Waals surface area contributed by atoms with E-state index in [1.165, 1.54) is 18.4 Å². The van der Waals surface area contributed by atoms with Crippen LogP contribution >= 0.6 is 0 Å². The maximum atomic E-state index is 12.6. The summed E-state index contributed by atoms with van der Waals surface area (Å²) in [7, 11) is 0. The van der Waals surface area contributed by atoms with Crippen LogP contribution in [-0.4, -0.2) is 78.1 Å². The Labute approximate surface area is 157 Å². The number of likely N-dealkylation sites (tertiary alicyclic amines) is 1. The van der Waals surface area contributed by atoms with Gasteiger partial charge in [0.15, 0.2) is 0 Å². The van der Waals surface area contributed by atoms with Crippen molar-refractivity contribution in [3.8, 4) is 0 Å². The Morgan fingerprint density at radius 1 is 1.04 bits per heavy atom. The minimum absolute atomic E-state index is 0.235. The molecule has 1 atom stereocenters. The molecule has 1 amide bonds. The first-order valence-corrected chi connectivity index (χ1v) is 10.1. The fraction of sp³-hybridized carbons (Fsp3) is 0.667. The molecule has 2 saturated heterocycles. The van der Waals surface area contributed by atoms with Crippen LogP contribution in [0.15, 0.2) is 30.3 Å². The van der Waals surface area contributed by atoms with Crippen LogP contribution in [0.3, 0.4) is 0 Å². The van der Waals surface area contributed by atoms with Crippen molar-refractivity contribution in [2.24, 2.45) is 5.92 Å². The number of aliphatic hydroxyl groups is 1. The Morgan fingerprint density at radius 2 is 1.81 bits per heavy atom. The van der Waals surface area contributed by atoms with E-state index in [0.717, 1.165) is 58.8 Å². The smallest absolute Gasteiger partial charge is 0.222 e. The zero-order chi connectivity index (χ0) is 18.2. The molecule has 2 aliphatic rings. The molecule has 144 valence electrons. The summed E-state index contributed by atoms with van der Waals surface area (Å²) in [5, 5.41) is 9.10. The molecule has 1 unspecified atom stereocenters. The van der Waals surface area contributed by atoms with Crippen LogP contribution in [0.4, 0.5) is 0 Å². The summed E-state index contributed by atoms with van der Waals surface area (Å²) in [5.41, 5.74) is 1.34. The predicted octanol–water partition coefficient (Wildman–Crippen LogP) is 1.82. The van der Waals surface area contributed by atoms with E-state index in [-0.39, 0.29) is 6.61 Å².